The summed E-state index contributed by atoms with van der Waals surface area (Å²) in [5.41, 5.74) is 2.64. The van der Waals surface area contributed by atoms with Crippen molar-refractivity contribution in [1.29, 1.82) is 0 Å². The molecule has 0 amide bonds. The van der Waals surface area contributed by atoms with Gasteiger partial charge in [0.1, 0.15) is 0 Å². The summed E-state index contributed by atoms with van der Waals surface area (Å²) < 4.78 is 6.01. The van der Waals surface area contributed by atoms with Gasteiger partial charge in [0.05, 0.1) is 11.8 Å². The van der Waals surface area contributed by atoms with E-state index in [2.05, 4.69) is 47.5 Å². The maximum atomic E-state index is 6.01. The van der Waals surface area contributed by atoms with E-state index in [1.165, 1.54) is 36.9 Å². The molecule has 1 aliphatic carbocycles. The number of hydrogen-bond acceptors (Lipinski definition) is 4. The average Bonchev–Trinajstić information content (AvgIpc) is 2.99. The second kappa shape index (κ2) is 9.40. The standard InChI is InChI=1S/C18H34N4O/c1-14(2)13-23-17-7-5-15(6-8-17)18-16(11-20-21-18)12-22(4)10-9-19-3/h11,14-15,17,19H,5-10,12-13H2,1-4H3,(H,20,21). The third-order valence-electron chi connectivity index (χ3n) is 4.66. The molecule has 132 valence electrons. The van der Waals surface area contributed by atoms with Crippen LogP contribution in [0.3, 0.4) is 0 Å². The predicted octanol–water partition coefficient (Wildman–Crippen LogP) is 2.76. The van der Waals surface area contributed by atoms with Gasteiger partial charge in [0.2, 0.25) is 0 Å². The molecule has 0 spiro atoms. The maximum absolute atomic E-state index is 6.01. The molecular weight excluding hydrogens is 288 g/mol. The minimum absolute atomic E-state index is 0.453. The number of hydrogen-bond donors (Lipinski definition) is 2. The van der Waals surface area contributed by atoms with Crippen LogP contribution in [-0.4, -0.2) is 55.0 Å². The number of rotatable bonds is 9. The van der Waals surface area contributed by atoms with Crippen molar-refractivity contribution in [3.63, 3.8) is 0 Å². The third kappa shape index (κ3) is 5.90. The number of nitrogens with zero attached hydrogens (tertiary/aromatic N) is 2. The lowest BCUT2D eigenvalue weighted by Gasteiger charge is -2.29. The van der Waals surface area contributed by atoms with E-state index in [1.54, 1.807) is 0 Å². The van der Waals surface area contributed by atoms with E-state index in [1.807, 2.05) is 7.05 Å². The Morgan fingerprint density at radius 3 is 2.74 bits per heavy atom. The third-order valence-corrected chi connectivity index (χ3v) is 4.66. The van der Waals surface area contributed by atoms with Gasteiger partial charge in [-0.15, -0.1) is 0 Å². The molecule has 2 N–H and O–H groups in total. The van der Waals surface area contributed by atoms with Crippen LogP contribution in [0.25, 0.3) is 0 Å². The number of aromatic amines is 1. The molecule has 0 saturated heterocycles. The van der Waals surface area contributed by atoms with Crippen LogP contribution in [0.4, 0.5) is 0 Å². The molecule has 0 unspecified atom stereocenters. The van der Waals surface area contributed by atoms with Crippen LogP contribution in [0, 0.1) is 5.92 Å². The van der Waals surface area contributed by atoms with E-state index >= 15 is 0 Å². The van der Waals surface area contributed by atoms with Gasteiger partial charge in [-0.3, -0.25) is 5.10 Å². The van der Waals surface area contributed by atoms with E-state index in [9.17, 15) is 0 Å². The Morgan fingerprint density at radius 2 is 2.09 bits per heavy atom. The first-order valence-electron chi connectivity index (χ1n) is 9.07. The minimum Gasteiger partial charge on any atom is -0.378 e. The smallest absolute Gasteiger partial charge is 0.0697 e. The van der Waals surface area contributed by atoms with Crippen LogP contribution in [0.5, 0.6) is 0 Å². The SMILES string of the molecule is CNCCN(C)Cc1c[nH]nc1C1CCC(OCC(C)C)CC1. The maximum Gasteiger partial charge on any atom is 0.0697 e. The summed E-state index contributed by atoms with van der Waals surface area (Å²) in [5, 5.41) is 10.9. The fraction of sp³-hybridized carbons (Fsp3) is 0.833. The summed E-state index contributed by atoms with van der Waals surface area (Å²) in [6.07, 6.45) is 7.25. The number of ether oxygens (including phenoxy) is 1. The molecule has 1 aliphatic rings. The molecule has 0 atom stereocenters. The Labute approximate surface area is 141 Å². The van der Waals surface area contributed by atoms with Gasteiger partial charge in [-0.25, -0.2) is 0 Å². The summed E-state index contributed by atoms with van der Waals surface area (Å²) in [6.45, 7) is 8.35. The van der Waals surface area contributed by atoms with Crippen LogP contribution in [0.15, 0.2) is 6.20 Å². The predicted molar refractivity (Wildman–Crippen MR) is 94.6 cm³/mol. The van der Waals surface area contributed by atoms with Gasteiger partial charge < -0.3 is 15.0 Å². The molecule has 0 radical (unpaired) electrons. The molecule has 1 heterocycles. The topological polar surface area (TPSA) is 53.2 Å². The summed E-state index contributed by atoms with van der Waals surface area (Å²) >= 11 is 0. The van der Waals surface area contributed by atoms with Gasteiger partial charge in [-0.2, -0.15) is 5.10 Å². The first-order valence-corrected chi connectivity index (χ1v) is 9.07. The average molecular weight is 322 g/mol. The van der Waals surface area contributed by atoms with Gasteiger partial charge in [0, 0.05) is 43.9 Å². The highest BCUT2D eigenvalue weighted by atomic mass is 16.5. The molecular formula is C18H34N4O. The van der Waals surface area contributed by atoms with Crippen molar-refractivity contribution in [2.24, 2.45) is 5.92 Å². The van der Waals surface area contributed by atoms with Crippen molar-refractivity contribution < 1.29 is 4.74 Å². The molecule has 5 heteroatoms. The largest absolute Gasteiger partial charge is 0.378 e. The number of H-pyrrole nitrogens is 1. The molecule has 2 rings (SSSR count). The number of nitrogens with one attached hydrogen (secondary N) is 2. The number of aromatic nitrogens is 2. The second-order valence-corrected chi connectivity index (χ2v) is 7.34. The van der Waals surface area contributed by atoms with Gasteiger partial charge in [-0.1, -0.05) is 13.8 Å². The molecule has 5 nitrogen and oxygen atoms in total. The summed E-state index contributed by atoms with van der Waals surface area (Å²) in [6, 6.07) is 0. The molecule has 0 aliphatic heterocycles. The normalized spacial score (nSPS) is 22.2. The highest BCUT2D eigenvalue weighted by molar-refractivity contribution is 5.21. The van der Waals surface area contributed by atoms with Gasteiger partial charge >= 0.3 is 0 Å². The van der Waals surface area contributed by atoms with E-state index in [0.717, 1.165) is 26.2 Å². The van der Waals surface area contributed by atoms with Crippen molar-refractivity contribution in [1.82, 2.24) is 20.4 Å². The lowest BCUT2D eigenvalue weighted by Crippen LogP contribution is -2.27. The lowest BCUT2D eigenvalue weighted by atomic mass is 9.84. The first-order chi connectivity index (χ1) is 11.1. The van der Waals surface area contributed by atoms with Crippen molar-refractivity contribution >= 4 is 0 Å². The van der Waals surface area contributed by atoms with Crippen LogP contribution in [0.2, 0.25) is 0 Å². The fourth-order valence-corrected chi connectivity index (χ4v) is 3.31. The van der Waals surface area contributed by atoms with Crippen LogP contribution < -0.4 is 5.32 Å². The molecule has 1 aromatic heterocycles. The van der Waals surface area contributed by atoms with E-state index in [-0.39, 0.29) is 0 Å². The summed E-state index contributed by atoms with van der Waals surface area (Å²) in [4.78, 5) is 2.35. The molecule has 1 saturated carbocycles. The quantitative estimate of drug-likeness (QED) is 0.734. The summed E-state index contributed by atoms with van der Waals surface area (Å²) in [5.74, 6) is 1.21. The van der Waals surface area contributed by atoms with Crippen LogP contribution in [0.1, 0.15) is 56.7 Å². The first kappa shape index (κ1) is 18.4. The number of likely N-dealkylation sites (N-methyl/N-ethyl adjacent to an activating group) is 2. The second-order valence-electron chi connectivity index (χ2n) is 7.34. The molecule has 1 fully saturated rings. The van der Waals surface area contributed by atoms with Crippen molar-refractivity contribution in [3.8, 4) is 0 Å². The van der Waals surface area contributed by atoms with Crippen molar-refractivity contribution in [3.05, 3.63) is 17.5 Å². The molecule has 1 aromatic rings. The minimum atomic E-state index is 0.453. The van der Waals surface area contributed by atoms with E-state index in [4.69, 9.17) is 4.74 Å². The Kier molecular flexibility index (Phi) is 7.53. The zero-order valence-electron chi connectivity index (χ0n) is 15.3. The Bertz CT molecular complexity index is 438. The van der Waals surface area contributed by atoms with Gasteiger partial charge in [-0.05, 0) is 45.7 Å². The van der Waals surface area contributed by atoms with Crippen molar-refractivity contribution in [2.45, 2.75) is 58.1 Å². The lowest BCUT2D eigenvalue weighted by molar-refractivity contribution is 0.0101. The monoisotopic (exact) mass is 322 g/mol. The van der Waals surface area contributed by atoms with Crippen LogP contribution in [-0.2, 0) is 11.3 Å². The van der Waals surface area contributed by atoms with Gasteiger partial charge in [0.25, 0.3) is 0 Å². The van der Waals surface area contributed by atoms with Crippen LogP contribution >= 0.6 is 0 Å². The van der Waals surface area contributed by atoms with E-state index < -0.39 is 0 Å². The zero-order valence-corrected chi connectivity index (χ0v) is 15.3. The molecule has 0 bridgehead atoms. The fourth-order valence-electron chi connectivity index (χ4n) is 3.31. The Hall–Kier alpha value is -0.910. The molecule has 0 aromatic carbocycles. The van der Waals surface area contributed by atoms with Gasteiger partial charge in [0.15, 0.2) is 0 Å². The zero-order chi connectivity index (χ0) is 16.7. The highest BCUT2D eigenvalue weighted by Gasteiger charge is 2.26. The highest BCUT2D eigenvalue weighted by Crippen LogP contribution is 2.34. The summed E-state index contributed by atoms with van der Waals surface area (Å²) in [7, 11) is 4.17. The molecule has 23 heavy (non-hydrogen) atoms. The van der Waals surface area contributed by atoms with E-state index in [0.29, 0.717) is 17.9 Å². The Morgan fingerprint density at radius 1 is 1.35 bits per heavy atom. The van der Waals surface area contributed by atoms with Crippen molar-refractivity contribution in [2.75, 3.05) is 33.8 Å². The Balaban J connectivity index is 1.83.